The highest BCUT2D eigenvalue weighted by atomic mass is 35.5. The van der Waals surface area contributed by atoms with Crippen LogP contribution in [0.4, 0.5) is 5.69 Å². The summed E-state index contributed by atoms with van der Waals surface area (Å²) in [6.45, 7) is 1.99. The van der Waals surface area contributed by atoms with Crippen LogP contribution in [0.2, 0.25) is 5.02 Å². The molecule has 0 bridgehead atoms. The lowest BCUT2D eigenvalue weighted by molar-refractivity contribution is -0.384. The number of hydrogen-bond donors (Lipinski definition) is 1. The van der Waals surface area contributed by atoms with Gasteiger partial charge in [-0.3, -0.25) is 14.9 Å². The Morgan fingerprint density at radius 3 is 2.33 bits per heavy atom. The van der Waals surface area contributed by atoms with Crippen LogP contribution in [0.3, 0.4) is 0 Å². The minimum absolute atomic E-state index is 0.0354. The first-order valence-corrected chi connectivity index (χ1v) is 11.5. The minimum Gasteiger partial charge on any atom is -0.488 e. The number of amides is 1. The number of carbonyl (C=O) groups is 1. The molecule has 180 valence electrons. The molecule has 4 rings (SSSR count). The Kier molecular flexibility index (Phi) is 7.72. The summed E-state index contributed by atoms with van der Waals surface area (Å²) < 4.78 is 6.06. The molecule has 0 atom stereocenters. The molecule has 7 nitrogen and oxygen atoms in total. The largest absolute Gasteiger partial charge is 0.488 e. The Labute approximate surface area is 213 Å². The maximum Gasteiger partial charge on any atom is 0.288 e. The topological polar surface area (TPSA) is 93.8 Å². The SMILES string of the molecule is C/C(=N/NC(=O)c1ccc(COc2ccccc2-c2ccccc2)cc1)c1ccc(Cl)c([N+](=O)[O-])c1. The van der Waals surface area contributed by atoms with Crippen molar-refractivity contribution in [2.75, 3.05) is 0 Å². The molecule has 4 aromatic carbocycles. The maximum atomic E-state index is 12.5. The van der Waals surface area contributed by atoms with Crippen LogP contribution in [0, 0.1) is 10.1 Å². The van der Waals surface area contributed by atoms with Crippen molar-refractivity contribution in [3.8, 4) is 16.9 Å². The third-order valence-electron chi connectivity index (χ3n) is 5.47. The lowest BCUT2D eigenvalue weighted by Gasteiger charge is -2.12. The van der Waals surface area contributed by atoms with Gasteiger partial charge in [-0.1, -0.05) is 78.3 Å². The van der Waals surface area contributed by atoms with E-state index in [1.54, 1.807) is 25.1 Å². The van der Waals surface area contributed by atoms with Crippen LogP contribution in [0.15, 0.2) is 102 Å². The van der Waals surface area contributed by atoms with E-state index in [-0.39, 0.29) is 10.7 Å². The van der Waals surface area contributed by atoms with Gasteiger partial charge in [0.15, 0.2) is 0 Å². The van der Waals surface area contributed by atoms with Gasteiger partial charge in [0.25, 0.3) is 11.6 Å². The predicted molar refractivity (Wildman–Crippen MR) is 140 cm³/mol. The summed E-state index contributed by atoms with van der Waals surface area (Å²) in [6, 6.07) is 29.2. The van der Waals surface area contributed by atoms with E-state index in [4.69, 9.17) is 16.3 Å². The summed E-state index contributed by atoms with van der Waals surface area (Å²) in [6.07, 6.45) is 0. The zero-order valence-electron chi connectivity index (χ0n) is 19.4. The van der Waals surface area contributed by atoms with Gasteiger partial charge in [-0.05, 0) is 42.3 Å². The second-order valence-electron chi connectivity index (χ2n) is 7.91. The van der Waals surface area contributed by atoms with Gasteiger partial charge in [-0.25, -0.2) is 5.43 Å². The van der Waals surface area contributed by atoms with Gasteiger partial charge in [-0.2, -0.15) is 5.10 Å². The summed E-state index contributed by atoms with van der Waals surface area (Å²) in [5, 5.41) is 15.2. The Hall–Kier alpha value is -4.49. The van der Waals surface area contributed by atoms with E-state index >= 15 is 0 Å². The number of nitrogens with one attached hydrogen (secondary N) is 1. The lowest BCUT2D eigenvalue weighted by atomic mass is 10.0. The molecule has 0 spiro atoms. The standard InChI is InChI=1S/C28H22ClN3O4/c1-19(23-15-16-25(29)26(17-23)32(34)35)30-31-28(33)22-13-11-20(12-14-22)18-36-27-10-6-5-9-24(27)21-7-3-2-4-8-21/h2-17H,18H2,1H3,(H,31,33)/b30-19-. The molecule has 0 heterocycles. The van der Waals surface area contributed by atoms with Crippen molar-refractivity contribution in [2.24, 2.45) is 5.10 Å². The van der Waals surface area contributed by atoms with Crippen LogP contribution in [0.25, 0.3) is 11.1 Å². The number of benzene rings is 4. The van der Waals surface area contributed by atoms with Crippen molar-refractivity contribution in [1.82, 2.24) is 5.43 Å². The maximum absolute atomic E-state index is 12.5. The smallest absolute Gasteiger partial charge is 0.288 e. The number of rotatable bonds is 8. The van der Waals surface area contributed by atoms with Gasteiger partial charge in [0.1, 0.15) is 17.4 Å². The van der Waals surface area contributed by atoms with Crippen LogP contribution in [0.5, 0.6) is 5.75 Å². The van der Waals surface area contributed by atoms with Gasteiger partial charge in [-0.15, -0.1) is 0 Å². The fourth-order valence-electron chi connectivity index (χ4n) is 3.50. The first kappa shape index (κ1) is 24.6. The zero-order chi connectivity index (χ0) is 25.5. The van der Waals surface area contributed by atoms with Crippen LogP contribution >= 0.6 is 11.6 Å². The molecular weight excluding hydrogens is 478 g/mol. The third kappa shape index (κ3) is 5.95. The summed E-state index contributed by atoms with van der Waals surface area (Å²) in [7, 11) is 0. The van der Waals surface area contributed by atoms with Crippen molar-refractivity contribution >= 4 is 28.9 Å². The summed E-state index contributed by atoms with van der Waals surface area (Å²) >= 11 is 5.85. The van der Waals surface area contributed by atoms with Crippen molar-refractivity contribution < 1.29 is 14.5 Å². The minimum atomic E-state index is -0.566. The van der Waals surface area contributed by atoms with Gasteiger partial charge in [0.2, 0.25) is 0 Å². The van der Waals surface area contributed by atoms with E-state index in [2.05, 4.69) is 10.5 Å². The van der Waals surface area contributed by atoms with Crippen molar-refractivity contribution in [3.63, 3.8) is 0 Å². The van der Waals surface area contributed by atoms with Crippen LogP contribution < -0.4 is 10.2 Å². The van der Waals surface area contributed by atoms with Crippen LogP contribution in [-0.4, -0.2) is 16.5 Å². The molecule has 0 fully saturated rings. The van der Waals surface area contributed by atoms with E-state index in [1.807, 2.05) is 66.7 Å². The Bertz CT molecular complexity index is 1420. The third-order valence-corrected chi connectivity index (χ3v) is 5.79. The van der Waals surface area contributed by atoms with Gasteiger partial charge < -0.3 is 4.74 Å². The number of nitro groups is 1. The summed E-state index contributed by atoms with van der Waals surface area (Å²) in [4.78, 5) is 23.0. The lowest BCUT2D eigenvalue weighted by Crippen LogP contribution is -2.19. The molecule has 1 N–H and O–H groups in total. The molecule has 0 aliphatic carbocycles. The molecule has 1 amide bonds. The average Bonchev–Trinajstić information content (AvgIpc) is 2.91. The number of hydrogen-bond acceptors (Lipinski definition) is 5. The Morgan fingerprint density at radius 1 is 0.944 bits per heavy atom. The second kappa shape index (κ2) is 11.3. The number of nitrogens with zero attached hydrogens (tertiary/aromatic N) is 2. The van der Waals surface area contributed by atoms with Gasteiger partial charge >= 0.3 is 0 Å². The van der Waals surface area contributed by atoms with E-state index in [0.29, 0.717) is 23.4 Å². The Morgan fingerprint density at radius 2 is 1.61 bits per heavy atom. The average molecular weight is 500 g/mol. The molecule has 36 heavy (non-hydrogen) atoms. The summed E-state index contributed by atoms with van der Waals surface area (Å²) in [5.74, 6) is 0.373. The fourth-order valence-corrected chi connectivity index (χ4v) is 3.69. The molecule has 0 aliphatic rings. The van der Waals surface area contributed by atoms with E-state index in [9.17, 15) is 14.9 Å². The number of nitro benzene ring substituents is 1. The molecule has 0 saturated heterocycles. The summed E-state index contributed by atoms with van der Waals surface area (Å²) in [5.41, 5.74) is 6.55. The molecule has 0 saturated carbocycles. The van der Waals surface area contributed by atoms with Gasteiger partial charge in [0, 0.05) is 22.8 Å². The molecule has 0 unspecified atom stereocenters. The monoisotopic (exact) mass is 499 g/mol. The molecule has 0 aliphatic heterocycles. The number of para-hydroxylation sites is 1. The number of halogens is 1. The van der Waals surface area contributed by atoms with E-state index in [0.717, 1.165) is 22.4 Å². The highest BCUT2D eigenvalue weighted by Crippen LogP contribution is 2.30. The van der Waals surface area contributed by atoms with Crippen molar-refractivity contribution in [2.45, 2.75) is 13.5 Å². The fraction of sp³-hybridized carbons (Fsp3) is 0.0714. The number of carbonyl (C=O) groups excluding carboxylic acids is 1. The second-order valence-corrected chi connectivity index (χ2v) is 8.32. The first-order chi connectivity index (χ1) is 17.4. The molecule has 0 aromatic heterocycles. The highest BCUT2D eigenvalue weighted by Gasteiger charge is 2.14. The number of ether oxygens (including phenoxy) is 1. The molecule has 8 heteroatoms. The van der Waals surface area contributed by atoms with Crippen LogP contribution in [-0.2, 0) is 6.61 Å². The van der Waals surface area contributed by atoms with Crippen molar-refractivity contribution in [1.29, 1.82) is 0 Å². The zero-order valence-corrected chi connectivity index (χ0v) is 20.1. The normalized spacial score (nSPS) is 11.1. The van der Waals surface area contributed by atoms with Gasteiger partial charge in [0.05, 0.1) is 10.6 Å². The molecule has 0 radical (unpaired) electrons. The number of hydrazone groups is 1. The highest BCUT2D eigenvalue weighted by molar-refractivity contribution is 6.32. The van der Waals surface area contributed by atoms with E-state index < -0.39 is 10.8 Å². The van der Waals surface area contributed by atoms with Crippen LogP contribution in [0.1, 0.15) is 28.4 Å². The quantitative estimate of drug-likeness (QED) is 0.167. The molecular formula is C28H22ClN3O4. The van der Waals surface area contributed by atoms with Crippen molar-refractivity contribution in [3.05, 3.63) is 129 Å². The molecule has 4 aromatic rings. The predicted octanol–water partition coefficient (Wildman–Crippen LogP) is 6.65. The Balaban J connectivity index is 1.39. The first-order valence-electron chi connectivity index (χ1n) is 11.1. The van der Waals surface area contributed by atoms with E-state index in [1.165, 1.54) is 12.1 Å².